The first-order valence-electron chi connectivity index (χ1n) is 7.85. The average molecular weight is 315 g/mol. The van der Waals surface area contributed by atoms with Crippen LogP contribution in [0.3, 0.4) is 0 Å². The van der Waals surface area contributed by atoms with Crippen LogP contribution in [0.1, 0.15) is 35.6 Å². The number of hydrogen-bond donors (Lipinski definition) is 1. The molecular formula is C17H21N3O3. The van der Waals surface area contributed by atoms with Crippen LogP contribution in [0.5, 0.6) is 0 Å². The number of ether oxygens (including phenoxy) is 1. The molecule has 1 saturated heterocycles. The van der Waals surface area contributed by atoms with Gasteiger partial charge in [0.05, 0.1) is 12.3 Å². The van der Waals surface area contributed by atoms with Crippen LogP contribution < -0.4 is 5.56 Å². The van der Waals surface area contributed by atoms with Crippen molar-refractivity contribution in [2.24, 2.45) is 13.0 Å². The Labute approximate surface area is 134 Å². The second-order valence-corrected chi connectivity index (χ2v) is 6.15. The first-order valence-corrected chi connectivity index (χ1v) is 7.85. The number of nitrogens with one attached hydrogen (secondary N) is 1. The number of pyridine rings is 1. The van der Waals surface area contributed by atoms with Gasteiger partial charge in [0.2, 0.25) is 0 Å². The molecule has 1 aliphatic rings. The Morgan fingerprint density at radius 1 is 1.52 bits per heavy atom. The van der Waals surface area contributed by atoms with Crippen molar-refractivity contribution in [3.05, 3.63) is 51.7 Å². The van der Waals surface area contributed by atoms with E-state index in [1.165, 1.54) is 4.57 Å². The van der Waals surface area contributed by atoms with E-state index in [0.29, 0.717) is 13.0 Å². The number of aryl methyl sites for hydroxylation is 2. The number of ketones is 1. The zero-order valence-electron chi connectivity index (χ0n) is 13.4. The number of Topliss-reactive ketones (excluding diaryl/α,β-unsaturated/α-hetero) is 1. The summed E-state index contributed by atoms with van der Waals surface area (Å²) in [6.07, 6.45) is 7.05. The van der Waals surface area contributed by atoms with Crippen molar-refractivity contribution in [2.45, 2.75) is 32.3 Å². The third-order valence-electron chi connectivity index (χ3n) is 4.49. The lowest BCUT2D eigenvalue weighted by atomic mass is 9.84. The number of nitrogens with zero attached hydrogens (tertiary/aromatic N) is 2. The van der Waals surface area contributed by atoms with E-state index < -0.39 is 0 Å². The summed E-state index contributed by atoms with van der Waals surface area (Å²) < 4.78 is 7.35. The molecule has 1 fully saturated rings. The maximum atomic E-state index is 12.8. The summed E-state index contributed by atoms with van der Waals surface area (Å²) in [6, 6.07) is 1.58. The van der Waals surface area contributed by atoms with Crippen LogP contribution in [0.2, 0.25) is 0 Å². The van der Waals surface area contributed by atoms with Crippen molar-refractivity contribution >= 4 is 5.78 Å². The minimum absolute atomic E-state index is 0.0593. The number of H-pyrrole nitrogens is 1. The molecule has 0 aliphatic carbocycles. The number of carbonyl (C=O) groups is 1. The summed E-state index contributed by atoms with van der Waals surface area (Å²) in [5, 5.41) is 6.74. The van der Waals surface area contributed by atoms with Gasteiger partial charge >= 0.3 is 0 Å². The fraction of sp³-hybridized carbons (Fsp3) is 0.471. The number of carbonyl (C=O) groups excluding carboxylic acids is 1. The minimum Gasteiger partial charge on any atom is -0.373 e. The molecule has 1 N–H and O–H groups in total. The highest BCUT2D eigenvalue weighted by molar-refractivity contribution is 5.84. The Morgan fingerprint density at radius 2 is 2.35 bits per heavy atom. The second-order valence-electron chi connectivity index (χ2n) is 6.15. The summed E-state index contributed by atoms with van der Waals surface area (Å²) in [6.45, 7) is 2.54. The quantitative estimate of drug-likeness (QED) is 0.931. The minimum atomic E-state index is -0.233. The summed E-state index contributed by atoms with van der Waals surface area (Å²) in [7, 11) is 1.70. The van der Waals surface area contributed by atoms with E-state index in [2.05, 4.69) is 10.2 Å². The molecule has 2 aromatic heterocycles. The van der Waals surface area contributed by atoms with E-state index in [-0.39, 0.29) is 23.4 Å². The average Bonchev–Trinajstić information content (AvgIpc) is 3.07. The number of aromatic amines is 1. The third-order valence-corrected chi connectivity index (χ3v) is 4.49. The molecule has 0 unspecified atom stereocenters. The lowest BCUT2D eigenvalue weighted by molar-refractivity contribution is -0.131. The van der Waals surface area contributed by atoms with Crippen LogP contribution in [-0.4, -0.2) is 27.2 Å². The summed E-state index contributed by atoms with van der Waals surface area (Å²) in [5.74, 6) is -0.0179. The lowest BCUT2D eigenvalue weighted by Gasteiger charge is -2.30. The first-order chi connectivity index (χ1) is 11.1. The lowest BCUT2D eigenvalue weighted by Crippen LogP contribution is -2.30. The van der Waals surface area contributed by atoms with E-state index in [9.17, 15) is 9.59 Å². The van der Waals surface area contributed by atoms with Crippen molar-refractivity contribution in [1.82, 2.24) is 14.8 Å². The molecule has 3 rings (SSSR count). The second kappa shape index (κ2) is 6.50. The van der Waals surface area contributed by atoms with E-state index >= 15 is 0 Å². The highest BCUT2D eigenvalue weighted by Crippen LogP contribution is 2.34. The Morgan fingerprint density at radius 3 is 3.09 bits per heavy atom. The Balaban J connectivity index is 1.81. The van der Waals surface area contributed by atoms with Gasteiger partial charge in [0.15, 0.2) is 0 Å². The predicted molar refractivity (Wildman–Crippen MR) is 85.1 cm³/mol. The first kappa shape index (κ1) is 15.7. The maximum absolute atomic E-state index is 12.8. The van der Waals surface area contributed by atoms with Gasteiger partial charge in [0.1, 0.15) is 5.78 Å². The zero-order valence-corrected chi connectivity index (χ0v) is 13.4. The van der Waals surface area contributed by atoms with Crippen LogP contribution in [-0.2, 0) is 23.0 Å². The van der Waals surface area contributed by atoms with Gasteiger partial charge in [0, 0.05) is 50.0 Å². The molecule has 0 radical (unpaired) electrons. The Hall–Kier alpha value is -2.21. The summed E-state index contributed by atoms with van der Waals surface area (Å²) in [5.41, 5.74) is 2.61. The van der Waals surface area contributed by atoms with Crippen molar-refractivity contribution in [3.63, 3.8) is 0 Å². The monoisotopic (exact) mass is 315 g/mol. The van der Waals surface area contributed by atoms with E-state index in [1.807, 2.05) is 6.92 Å². The number of hydrogen-bond acceptors (Lipinski definition) is 4. The smallest absolute Gasteiger partial charge is 0.250 e. The van der Waals surface area contributed by atoms with E-state index in [0.717, 1.165) is 29.5 Å². The molecule has 0 spiro atoms. The Kier molecular flexibility index (Phi) is 4.43. The molecule has 2 aromatic rings. The molecule has 6 nitrogen and oxygen atoms in total. The Bertz CT molecular complexity index is 749. The summed E-state index contributed by atoms with van der Waals surface area (Å²) in [4.78, 5) is 24.5. The normalized spacial score (nSPS) is 21.3. The molecule has 2 atom stereocenters. The predicted octanol–water partition coefficient (Wildman–Crippen LogP) is 1.70. The largest absolute Gasteiger partial charge is 0.373 e. The third kappa shape index (κ3) is 3.27. The van der Waals surface area contributed by atoms with Crippen LogP contribution in [0.4, 0.5) is 0 Å². The van der Waals surface area contributed by atoms with Crippen LogP contribution >= 0.6 is 0 Å². The van der Waals surface area contributed by atoms with Crippen molar-refractivity contribution in [2.75, 3.05) is 6.61 Å². The molecule has 3 heterocycles. The van der Waals surface area contributed by atoms with Gasteiger partial charge in [-0.2, -0.15) is 5.10 Å². The highest BCUT2D eigenvalue weighted by Gasteiger charge is 2.33. The molecule has 0 bridgehead atoms. The fourth-order valence-corrected chi connectivity index (χ4v) is 3.14. The van der Waals surface area contributed by atoms with Gasteiger partial charge in [-0.25, -0.2) is 0 Å². The molecule has 0 aromatic carbocycles. The van der Waals surface area contributed by atoms with Gasteiger partial charge in [-0.3, -0.25) is 14.7 Å². The van der Waals surface area contributed by atoms with Gasteiger partial charge < -0.3 is 9.30 Å². The molecule has 1 aliphatic heterocycles. The highest BCUT2D eigenvalue weighted by atomic mass is 16.5. The molecule has 23 heavy (non-hydrogen) atoms. The number of rotatable bonds is 4. The van der Waals surface area contributed by atoms with Crippen LogP contribution in [0.15, 0.2) is 29.5 Å². The van der Waals surface area contributed by atoms with E-state index in [1.54, 1.807) is 31.7 Å². The van der Waals surface area contributed by atoms with Crippen LogP contribution in [0.25, 0.3) is 0 Å². The van der Waals surface area contributed by atoms with Crippen molar-refractivity contribution in [3.8, 4) is 0 Å². The fourth-order valence-electron chi connectivity index (χ4n) is 3.14. The molecule has 0 saturated carbocycles. The maximum Gasteiger partial charge on any atom is 0.250 e. The van der Waals surface area contributed by atoms with Gasteiger partial charge in [-0.15, -0.1) is 0 Å². The van der Waals surface area contributed by atoms with Crippen molar-refractivity contribution < 1.29 is 9.53 Å². The summed E-state index contributed by atoms with van der Waals surface area (Å²) >= 11 is 0. The van der Waals surface area contributed by atoms with Gasteiger partial charge in [-0.05, 0) is 30.9 Å². The van der Waals surface area contributed by atoms with E-state index in [4.69, 9.17) is 4.74 Å². The molecule has 0 amide bonds. The van der Waals surface area contributed by atoms with Gasteiger partial charge in [-0.1, -0.05) is 0 Å². The zero-order chi connectivity index (χ0) is 16.4. The SMILES string of the molecule is Cc1cc(=O)n(C)cc1CC(=O)[C@@H]1CCCO[C@H]1c1cn[nH]c1. The standard InChI is InChI=1S/C17H21N3O3/c1-11-6-16(22)20(2)10-12(11)7-15(21)14-4-3-5-23-17(14)13-8-18-19-9-13/h6,8-10,14,17H,3-5,7H2,1-2H3,(H,18,19)/t14-,17-/m0/s1. The topological polar surface area (TPSA) is 77.0 Å². The molecule has 6 heteroatoms. The molecular weight excluding hydrogens is 294 g/mol. The van der Waals surface area contributed by atoms with Crippen molar-refractivity contribution in [1.29, 1.82) is 0 Å². The molecule has 122 valence electrons. The van der Waals surface area contributed by atoms with Crippen LogP contribution in [0, 0.1) is 12.8 Å². The van der Waals surface area contributed by atoms with Gasteiger partial charge in [0.25, 0.3) is 5.56 Å². The number of aromatic nitrogens is 3.